The van der Waals surface area contributed by atoms with Crippen LogP contribution in [0.15, 0.2) is 60.0 Å². The topological polar surface area (TPSA) is 38.8 Å². The molecule has 29 heavy (non-hydrogen) atoms. The van der Waals surface area contributed by atoms with E-state index >= 15 is 0 Å². The average molecular weight is 426 g/mol. The summed E-state index contributed by atoms with van der Waals surface area (Å²) in [6.45, 7) is 9.07. The first-order chi connectivity index (χ1) is 14.0. The Labute approximate surface area is 181 Å². The van der Waals surface area contributed by atoms with Gasteiger partial charge in [-0.05, 0) is 60.9 Å². The summed E-state index contributed by atoms with van der Waals surface area (Å²) < 4.78 is 12.1. The van der Waals surface area contributed by atoms with Crippen LogP contribution in [0.2, 0.25) is 0 Å². The lowest BCUT2D eigenvalue weighted by molar-refractivity contribution is -0.121. The van der Waals surface area contributed by atoms with Crippen LogP contribution in [0, 0.1) is 13.8 Å². The summed E-state index contributed by atoms with van der Waals surface area (Å²) >= 11 is 6.57. The van der Waals surface area contributed by atoms with Crippen molar-refractivity contribution >= 4 is 40.3 Å². The maximum Gasteiger partial charge on any atom is 0.266 e. The van der Waals surface area contributed by atoms with Crippen molar-refractivity contribution < 1.29 is 14.3 Å². The number of amides is 1. The van der Waals surface area contributed by atoms with Crippen LogP contribution in [0.1, 0.15) is 16.7 Å². The van der Waals surface area contributed by atoms with E-state index in [1.54, 1.807) is 11.0 Å². The Morgan fingerprint density at radius 3 is 2.45 bits per heavy atom. The summed E-state index contributed by atoms with van der Waals surface area (Å²) in [7, 11) is 0. The lowest BCUT2D eigenvalue weighted by Gasteiger charge is -2.10. The molecule has 0 spiro atoms. The average Bonchev–Trinajstić information content (AvgIpc) is 2.93. The Morgan fingerprint density at radius 2 is 1.76 bits per heavy atom. The Hall–Kier alpha value is -2.57. The zero-order valence-electron chi connectivity index (χ0n) is 16.5. The van der Waals surface area contributed by atoms with Crippen LogP contribution < -0.4 is 9.47 Å². The van der Waals surface area contributed by atoms with Crippen LogP contribution in [0.4, 0.5) is 0 Å². The summed E-state index contributed by atoms with van der Waals surface area (Å²) in [6.07, 6.45) is 3.50. The van der Waals surface area contributed by atoms with Crippen LogP contribution in [0.25, 0.3) is 6.08 Å². The summed E-state index contributed by atoms with van der Waals surface area (Å²) in [5.74, 6) is 1.49. The number of hydrogen-bond acceptors (Lipinski definition) is 5. The van der Waals surface area contributed by atoms with Gasteiger partial charge in [0.1, 0.15) is 29.0 Å². The second-order valence-electron chi connectivity index (χ2n) is 6.67. The van der Waals surface area contributed by atoms with Crippen molar-refractivity contribution in [3.05, 3.63) is 76.7 Å². The first kappa shape index (κ1) is 21.1. The normalized spacial score (nSPS) is 15.1. The van der Waals surface area contributed by atoms with Crippen molar-refractivity contribution in [2.45, 2.75) is 13.8 Å². The lowest BCUT2D eigenvalue weighted by Crippen LogP contribution is -2.27. The molecule has 6 heteroatoms. The van der Waals surface area contributed by atoms with E-state index in [0.717, 1.165) is 17.1 Å². The van der Waals surface area contributed by atoms with Crippen LogP contribution in [0.5, 0.6) is 11.5 Å². The van der Waals surface area contributed by atoms with E-state index in [4.69, 9.17) is 21.7 Å². The van der Waals surface area contributed by atoms with Crippen molar-refractivity contribution in [1.29, 1.82) is 0 Å². The van der Waals surface area contributed by atoms with Crippen LogP contribution in [-0.4, -0.2) is 34.9 Å². The van der Waals surface area contributed by atoms with Gasteiger partial charge < -0.3 is 9.47 Å². The molecule has 1 aliphatic rings. The van der Waals surface area contributed by atoms with Crippen LogP contribution in [0.3, 0.4) is 0 Å². The Kier molecular flexibility index (Phi) is 7.12. The van der Waals surface area contributed by atoms with E-state index in [2.05, 4.69) is 12.6 Å². The number of hydrogen-bond donors (Lipinski definition) is 0. The second-order valence-corrected chi connectivity index (χ2v) is 8.35. The molecule has 1 heterocycles. The highest BCUT2D eigenvalue weighted by molar-refractivity contribution is 8.26. The number of ether oxygens (including phenoxy) is 2. The molecule has 0 saturated carbocycles. The van der Waals surface area contributed by atoms with Gasteiger partial charge in [0.05, 0.1) is 4.91 Å². The number of carbonyl (C=O) groups excluding carboxylic acids is 1. The molecule has 2 aromatic carbocycles. The molecule has 1 amide bonds. The summed E-state index contributed by atoms with van der Waals surface area (Å²) in [6, 6.07) is 13.7. The number of rotatable bonds is 8. The van der Waals surface area contributed by atoms with E-state index < -0.39 is 0 Å². The minimum atomic E-state index is -0.0898. The smallest absolute Gasteiger partial charge is 0.266 e. The van der Waals surface area contributed by atoms with E-state index in [0.29, 0.717) is 29.0 Å². The monoisotopic (exact) mass is 425 g/mol. The summed E-state index contributed by atoms with van der Waals surface area (Å²) in [4.78, 5) is 14.6. The number of aryl methyl sites for hydroxylation is 2. The predicted molar refractivity (Wildman–Crippen MR) is 123 cm³/mol. The molecule has 3 rings (SSSR count). The molecule has 0 N–H and O–H groups in total. The SMILES string of the molecule is C=CCN1C(=O)C(=Cc2cccc(OCCOc3cc(C)cc(C)c3)c2)SC1=S. The second kappa shape index (κ2) is 9.76. The molecule has 0 bridgehead atoms. The fourth-order valence-corrected chi connectivity index (χ4v) is 4.24. The van der Waals surface area contributed by atoms with Crippen molar-refractivity contribution in [3.8, 4) is 11.5 Å². The highest BCUT2D eigenvalue weighted by Crippen LogP contribution is 2.32. The van der Waals surface area contributed by atoms with Gasteiger partial charge >= 0.3 is 0 Å². The number of thioether (sulfide) groups is 1. The predicted octanol–water partition coefficient (Wildman–Crippen LogP) is 5.15. The minimum absolute atomic E-state index is 0.0898. The third kappa shape index (κ3) is 5.71. The molecular formula is C23H23NO3S2. The molecule has 0 unspecified atom stereocenters. The maximum atomic E-state index is 12.4. The van der Waals surface area contributed by atoms with E-state index in [1.807, 2.05) is 56.3 Å². The van der Waals surface area contributed by atoms with Gasteiger partial charge in [0, 0.05) is 6.54 Å². The first-order valence-electron chi connectivity index (χ1n) is 9.26. The van der Waals surface area contributed by atoms with Crippen molar-refractivity contribution in [3.63, 3.8) is 0 Å². The third-order valence-corrected chi connectivity index (χ3v) is 5.53. The first-order valence-corrected chi connectivity index (χ1v) is 10.5. The van der Waals surface area contributed by atoms with Gasteiger partial charge in [-0.25, -0.2) is 0 Å². The van der Waals surface area contributed by atoms with Crippen molar-refractivity contribution in [1.82, 2.24) is 4.90 Å². The van der Waals surface area contributed by atoms with E-state index in [-0.39, 0.29) is 5.91 Å². The molecule has 1 aliphatic heterocycles. The van der Waals surface area contributed by atoms with Crippen LogP contribution >= 0.6 is 24.0 Å². The van der Waals surface area contributed by atoms with E-state index in [9.17, 15) is 4.79 Å². The van der Waals surface area contributed by atoms with E-state index in [1.165, 1.54) is 22.9 Å². The van der Waals surface area contributed by atoms with Gasteiger partial charge in [-0.15, -0.1) is 6.58 Å². The fourth-order valence-electron chi connectivity index (χ4n) is 2.97. The largest absolute Gasteiger partial charge is 0.490 e. The van der Waals surface area contributed by atoms with Crippen molar-refractivity contribution in [2.75, 3.05) is 19.8 Å². The summed E-state index contributed by atoms with van der Waals surface area (Å²) in [5.41, 5.74) is 3.23. The standard InChI is InChI=1S/C23H23NO3S2/c1-4-8-24-22(25)21(29-23(24)28)15-18-6-5-7-19(14-18)26-9-10-27-20-12-16(2)11-17(3)13-20/h4-7,11-15H,1,8-10H2,2-3H3. The highest BCUT2D eigenvalue weighted by atomic mass is 32.2. The van der Waals surface area contributed by atoms with Crippen LogP contribution in [-0.2, 0) is 4.79 Å². The maximum absolute atomic E-state index is 12.4. The van der Waals surface area contributed by atoms with Gasteiger partial charge in [0.25, 0.3) is 5.91 Å². The molecule has 0 atom stereocenters. The number of thiocarbonyl (C=S) groups is 1. The van der Waals surface area contributed by atoms with Gasteiger partial charge in [-0.1, -0.05) is 48.3 Å². The summed E-state index contributed by atoms with van der Waals surface area (Å²) in [5, 5.41) is 0. The van der Waals surface area contributed by atoms with Crippen molar-refractivity contribution in [2.24, 2.45) is 0 Å². The number of benzene rings is 2. The number of carbonyl (C=O) groups is 1. The molecule has 150 valence electrons. The van der Waals surface area contributed by atoms with Gasteiger partial charge in [0.15, 0.2) is 0 Å². The molecule has 2 aromatic rings. The zero-order chi connectivity index (χ0) is 20.8. The highest BCUT2D eigenvalue weighted by Gasteiger charge is 2.30. The Balaban J connectivity index is 1.58. The molecule has 1 fully saturated rings. The third-order valence-electron chi connectivity index (χ3n) is 4.16. The molecule has 1 saturated heterocycles. The minimum Gasteiger partial charge on any atom is -0.490 e. The molecular weight excluding hydrogens is 402 g/mol. The van der Waals surface area contributed by atoms with Gasteiger partial charge in [-0.3, -0.25) is 9.69 Å². The van der Waals surface area contributed by atoms with Gasteiger partial charge in [-0.2, -0.15) is 0 Å². The zero-order valence-corrected chi connectivity index (χ0v) is 18.1. The molecule has 0 radical (unpaired) electrons. The Bertz CT molecular complexity index is 948. The molecule has 0 aliphatic carbocycles. The lowest BCUT2D eigenvalue weighted by atomic mass is 10.1. The quantitative estimate of drug-likeness (QED) is 0.253. The van der Waals surface area contributed by atoms with Gasteiger partial charge in [0.2, 0.25) is 0 Å². The Morgan fingerprint density at radius 1 is 1.07 bits per heavy atom. The fraction of sp³-hybridized carbons (Fsp3) is 0.217. The molecule has 0 aromatic heterocycles. The number of nitrogens with zero attached hydrogens (tertiary/aromatic N) is 1. The molecule has 4 nitrogen and oxygen atoms in total.